The summed E-state index contributed by atoms with van der Waals surface area (Å²) in [4.78, 5) is 24.6. The molecule has 0 heterocycles. The molecule has 0 aliphatic carbocycles. The molecule has 0 spiro atoms. The van der Waals surface area contributed by atoms with Crippen molar-refractivity contribution in [3.63, 3.8) is 0 Å². The lowest BCUT2D eigenvalue weighted by atomic mass is 10.0. The third-order valence-corrected chi connectivity index (χ3v) is 3.62. The fourth-order valence-electron chi connectivity index (χ4n) is 2.13. The third-order valence-electron chi connectivity index (χ3n) is 3.62. The second kappa shape index (κ2) is 7.68. The fraction of sp³-hybridized carbons (Fsp3) is 0.500. The lowest BCUT2D eigenvalue weighted by Gasteiger charge is -2.27. The first-order chi connectivity index (χ1) is 9.45. The molecule has 0 aliphatic rings. The number of rotatable bonds is 7. The van der Waals surface area contributed by atoms with Crippen molar-refractivity contribution >= 4 is 11.9 Å². The van der Waals surface area contributed by atoms with Crippen molar-refractivity contribution in [2.75, 3.05) is 6.54 Å². The number of carbonyl (C=O) groups is 2. The summed E-state index contributed by atoms with van der Waals surface area (Å²) in [5.74, 6) is -1.06. The van der Waals surface area contributed by atoms with Gasteiger partial charge in [0, 0.05) is 12.5 Å². The van der Waals surface area contributed by atoms with Crippen LogP contribution in [0.2, 0.25) is 0 Å². The van der Waals surface area contributed by atoms with Crippen LogP contribution in [-0.4, -0.2) is 34.5 Å². The van der Waals surface area contributed by atoms with Gasteiger partial charge in [0.1, 0.15) is 6.54 Å². The van der Waals surface area contributed by atoms with Gasteiger partial charge in [-0.25, -0.2) is 0 Å². The summed E-state index contributed by atoms with van der Waals surface area (Å²) in [6.07, 6.45) is 1.75. The van der Waals surface area contributed by atoms with Gasteiger partial charge in [0.2, 0.25) is 5.91 Å². The zero-order chi connectivity index (χ0) is 15.1. The van der Waals surface area contributed by atoms with Gasteiger partial charge in [-0.2, -0.15) is 0 Å². The summed E-state index contributed by atoms with van der Waals surface area (Å²) >= 11 is 0. The smallest absolute Gasteiger partial charge is 0.323 e. The molecule has 1 atom stereocenters. The van der Waals surface area contributed by atoms with E-state index in [0.717, 1.165) is 17.5 Å². The van der Waals surface area contributed by atoms with Crippen LogP contribution in [0.1, 0.15) is 37.8 Å². The number of carboxylic acid groups (broad SMARTS) is 1. The molecule has 1 unspecified atom stereocenters. The Morgan fingerprint density at radius 3 is 2.50 bits per heavy atom. The molecule has 4 heteroatoms. The maximum absolute atomic E-state index is 12.2. The van der Waals surface area contributed by atoms with E-state index in [-0.39, 0.29) is 18.5 Å². The molecule has 1 amide bonds. The standard InChI is InChI=1S/C16H23NO3/c1-4-13(3)17(11-16(19)20)15(18)10-9-14-8-6-5-7-12(14)2/h5-8,13H,4,9-11H2,1-3H3,(H,19,20). The molecule has 0 fully saturated rings. The van der Waals surface area contributed by atoms with Crippen molar-refractivity contribution in [3.05, 3.63) is 35.4 Å². The van der Waals surface area contributed by atoms with Gasteiger partial charge in [0.15, 0.2) is 0 Å². The second-order valence-electron chi connectivity index (χ2n) is 5.10. The Morgan fingerprint density at radius 2 is 1.95 bits per heavy atom. The minimum Gasteiger partial charge on any atom is -0.480 e. The SMILES string of the molecule is CCC(C)N(CC(=O)O)C(=O)CCc1ccccc1C. The Bertz CT molecular complexity index is 471. The number of carbonyl (C=O) groups excluding carboxylic acids is 1. The molecule has 0 saturated heterocycles. The van der Waals surface area contributed by atoms with Crippen LogP contribution in [0.5, 0.6) is 0 Å². The van der Waals surface area contributed by atoms with Crippen molar-refractivity contribution in [2.24, 2.45) is 0 Å². The predicted molar refractivity (Wildman–Crippen MR) is 78.6 cm³/mol. The first-order valence-electron chi connectivity index (χ1n) is 7.01. The Kier molecular flexibility index (Phi) is 6.22. The van der Waals surface area contributed by atoms with E-state index in [2.05, 4.69) is 0 Å². The van der Waals surface area contributed by atoms with Gasteiger partial charge in [-0.05, 0) is 37.8 Å². The Balaban J connectivity index is 2.67. The van der Waals surface area contributed by atoms with Gasteiger partial charge in [-0.1, -0.05) is 31.2 Å². The maximum Gasteiger partial charge on any atom is 0.323 e. The van der Waals surface area contributed by atoms with E-state index >= 15 is 0 Å². The Hall–Kier alpha value is -1.84. The molecule has 0 saturated carbocycles. The minimum absolute atomic E-state index is 0.0459. The van der Waals surface area contributed by atoms with Crippen LogP contribution in [0.4, 0.5) is 0 Å². The molecule has 1 rings (SSSR count). The zero-order valence-electron chi connectivity index (χ0n) is 12.4. The molecular weight excluding hydrogens is 254 g/mol. The van der Waals surface area contributed by atoms with E-state index in [9.17, 15) is 9.59 Å². The predicted octanol–water partition coefficient (Wildman–Crippen LogP) is 2.64. The topological polar surface area (TPSA) is 57.6 Å². The molecule has 0 radical (unpaired) electrons. The summed E-state index contributed by atoms with van der Waals surface area (Å²) in [7, 11) is 0. The molecule has 0 aliphatic heterocycles. The van der Waals surface area contributed by atoms with Crippen LogP contribution < -0.4 is 0 Å². The third kappa shape index (κ3) is 4.68. The van der Waals surface area contributed by atoms with Gasteiger partial charge in [0.25, 0.3) is 0 Å². The highest BCUT2D eigenvalue weighted by Crippen LogP contribution is 2.12. The average molecular weight is 277 g/mol. The summed E-state index contributed by atoms with van der Waals surface area (Å²) in [5.41, 5.74) is 2.30. The van der Waals surface area contributed by atoms with Gasteiger partial charge in [-0.3, -0.25) is 9.59 Å². The van der Waals surface area contributed by atoms with E-state index < -0.39 is 5.97 Å². The largest absolute Gasteiger partial charge is 0.480 e. The molecule has 0 aromatic heterocycles. The number of amides is 1. The summed E-state index contributed by atoms with van der Waals surface area (Å²) in [5, 5.41) is 8.91. The summed E-state index contributed by atoms with van der Waals surface area (Å²) < 4.78 is 0. The lowest BCUT2D eigenvalue weighted by molar-refractivity contribution is -0.146. The highest BCUT2D eigenvalue weighted by molar-refractivity contribution is 5.81. The number of hydrogen-bond donors (Lipinski definition) is 1. The molecule has 1 N–H and O–H groups in total. The lowest BCUT2D eigenvalue weighted by Crippen LogP contribution is -2.41. The number of hydrogen-bond acceptors (Lipinski definition) is 2. The average Bonchev–Trinajstić information content (AvgIpc) is 2.42. The van der Waals surface area contributed by atoms with Crippen molar-refractivity contribution < 1.29 is 14.7 Å². The maximum atomic E-state index is 12.2. The first kappa shape index (κ1) is 16.2. The number of aliphatic carboxylic acids is 1. The van der Waals surface area contributed by atoms with Crippen LogP contribution in [0.25, 0.3) is 0 Å². The molecular formula is C16H23NO3. The number of nitrogens with zero attached hydrogens (tertiary/aromatic N) is 1. The highest BCUT2D eigenvalue weighted by Gasteiger charge is 2.21. The molecule has 1 aromatic carbocycles. The van der Waals surface area contributed by atoms with Crippen LogP contribution in [-0.2, 0) is 16.0 Å². The second-order valence-corrected chi connectivity index (χ2v) is 5.10. The van der Waals surface area contributed by atoms with E-state index in [0.29, 0.717) is 12.8 Å². The monoisotopic (exact) mass is 277 g/mol. The number of benzene rings is 1. The van der Waals surface area contributed by atoms with Gasteiger partial charge < -0.3 is 10.0 Å². The minimum atomic E-state index is -0.963. The first-order valence-corrected chi connectivity index (χ1v) is 7.01. The van der Waals surface area contributed by atoms with Crippen LogP contribution in [0.15, 0.2) is 24.3 Å². The molecule has 0 bridgehead atoms. The molecule has 1 aromatic rings. The Labute approximate surface area is 120 Å². The summed E-state index contributed by atoms with van der Waals surface area (Å²) in [6, 6.07) is 7.90. The van der Waals surface area contributed by atoms with Crippen LogP contribution >= 0.6 is 0 Å². The van der Waals surface area contributed by atoms with Gasteiger partial charge >= 0.3 is 5.97 Å². The van der Waals surface area contributed by atoms with Gasteiger partial charge in [0.05, 0.1) is 0 Å². The van der Waals surface area contributed by atoms with Crippen molar-refractivity contribution in [1.29, 1.82) is 0 Å². The van der Waals surface area contributed by atoms with E-state index in [1.165, 1.54) is 4.90 Å². The molecule has 20 heavy (non-hydrogen) atoms. The van der Waals surface area contributed by atoms with E-state index in [1.807, 2.05) is 45.0 Å². The quantitative estimate of drug-likeness (QED) is 0.833. The van der Waals surface area contributed by atoms with E-state index in [1.54, 1.807) is 0 Å². The normalized spacial score (nSPS) is 11.9. The highest BCUT2D eigenvalue weighted by atomic mass is 16.4. The number of aryl methyl sites for hydroxylation is 2. The fourth-order valence-corrected chi connectivity index (χ4v) is 2.13. The Morgan fingerprint density at radius 1 is 1.30 bits per heavy atom. The van der Waals surface area contributed by atoms with Crippen molar-refractivity contribution in [2.45, 2.75) is 46.1 Å². The van der Waals surface area contributed by atoms with Gasteiger partial charge in [-0.15, -0.1) is 0 Å². The summed E-state index contributed by atoms with van der Waals surface area (Å²) in [6.45, 7) is 5.63. The van der Waals surface area contributed by atoms with Crippen molar-refractivity contribution in [1.82, 2.24) is 4.90 Å². The molecule has 110 valence electrons. The number of carboxylic acids is 1. The molecule has 4 nitrogen and oxygen atoms in total. The van der Waals surface area contributed by atoms with Crippen molar-refractivity contribution in [3.8, 4) is 0 Å². The van der Waals surface area contributed by atoms with Crippen LogP contribution in [0, 0.1) is 6.92 Å². The zero-order valence-corrected chi connectivity index (χ0v) is 12.4. The van der Waals surface area contributed by atoms with E-state index in [4.69, 9.17) is 5.11 Å². The van der Waals surface area contributed by atoms with Crippen LogP contribution in [0.3, 0.4) is 0 Å².